The third kappa shape index (κ3) is 1.44. The van der Waals surface area contributed by atoms with Crippen molar-refractivity contribution in [1.29, 1.82) is 0 Å². The Labute approximate surface area is 87.0 Å². The topological polar surface area (TPSA) is 12.4 Å². The maximum absolute atomic E-state index is 4.46. The van der Waals surface area contributed by atoms with Crippen molar-refractivity contribution in [3.05, 3.63) is 35.4 Å². The molecule has 1 nitrogen and oxygen atoms in total. The van der Waals surface area contributed by atoms with Crippen LogP contribution in [0.25, 0.3) is 0 Å². The van der Waals surface area contributed by atoms with Crippen molar-refractivity contribution < 1.29 is 0 Å². The van der Waals surface area contributed by atoms with Gasteiger partial charge in [0.05, 0.1) is 0 Å². The van der Waals surface area contributed by atoms with Crippen LogP contribution in [0.3, 0.4) is 0 Å². The zero-order valence-corrected chi connectivity index (χ0v) is 9.43. The molecule has 0 saturated carbocycles. The van der Waals surface area contributed by atoms with Crippen molar-refractivity contribution in [2.45, 2.75) is 19.3 Å². The summed E-state index contributed by atoms with van der Waals surface area (Å²) in [6.45, 7) is 5.33. The first kappa shape index (κ1) is 8.95. The molecule has 0 saturated heterocycles. The number of hydrogen-bond acceptors (Lipinski definition) is 1. The monoisotopic (exact) mass is 237 g/mol. The summed E-state index contributed by atoms with van der Waals surface area (Å²) < 4.78 is 0.988. The van der Waals surface area contributed by atoms with Crippen molar-refractivity contribution >= 4 is 20.6 Å². The molecule has 0 amide bonds. The van der Waals surface area contributed by atoms with E-state index >= 15 is 0 Å². The van der Waals surface area contributed by atoms with Crippen LogP contribution in [0.1, 0.15) is 25.0 Å². The molecular formula is C11H12BrN. The molecular weight excluding hydrogens is 226 g/mol. The van der Waals surface area contributed by atoms with Gasteiger partial charge < -0.3 is 0 Å². The van der Waals surface area contributed by atoms with Gasteiger partial charge in [-0.3, -0.25) is 4.99 Å². The SMILES string of the molecule is CC1(C)CN=C(Br)c2ccccc21. The van der Waals surface area contributed by atoms with Crippen LogP contribution >= 0.6 is 15.9 Å². The Morgan fingerprint density at radius 3 is 2.69 bits per heavy atom. The van der Waals surface area contributed by atoms with Gasteiger partial charge in [-0.2, -0.15) is 0 Å². The minimum atomic E-state index is 0.174. The van der Waals surface area contributed by atoms with Crippen LogP contribution < -0.4 is 0 Å². The van der Waals surface area contributed by atoms with E-state index in [1.54, 1.807) is 0 Å². The van der Waals surface area contributed by atoms with Crippen LogP contribution in [0, 0.1) is 0 Å². The first-order chi connectivity index (χ1) is 6.11. The Bertz CT molecular complexity index is 366. The fraction of sp³-hybridized carbons (Fsp3) is 0.364. The van der Waals surface area contributed by atoms with Crippen LogP contribution in [0.5, 0.6) is 0 Å². The van der Waals surface area contributed by atoms with Crippen molar-refractivity contribution in [2.24, 2.45) is 4.99 Å². The van der Waals surface area contributed by atoms with Gasteiger partial charge in [-0.15, -0.1) is 0 Å². The fourth-order valence-corrected chi connectivity index (χ4v) is 2.16. The van der Waals surface area contributed by atoms with E-state index in [2.05, 4.69) is 59.0 Å². The van der Waals surface area contributed by atoms with Crippen LogP contribution in [-0.2, 0) is 5.41 Å². The Kier molecular flexibility index (Phi) is 2.03. The second kappa shape index (κ2) is 2.95. The highest BCUT2D eigenvalue weighted by Gasteiger charge is 2.27. The van der Waals surface area contributed by atoms with E-state index in [0.717, 1.165) is 11.2 Å². The number of benzene rings is 1. The quantitative estimate of drug-likeness (QED) is 0.658. The van der Waals surface area contributed by atoms with Crippen molar-refractivity contribution in [2.75, 3.05) is 6.54 Å². The molecule has 0 spiro atoms. The molecule has 0 aromatic heterocycles. The number of aliphatic imine (C=N–C) groups is 1. The molecule has 1 aliphatic heterocycles. The van der Waals surface area contributed by atoms with Crippen molar-refractivity contribution in [3.8, 4) is 0 Å². The van der Waals surface area contributed by atoms with Gasteiger partial charge in [0.15, 0.2) is 0 Å². The summed E-state index contributed by atoms with van der Waals surface area (Å²) in [6, 6.07) is 8.44. The van der Waals surface area contributed by atoms with Gasteiger partial charge in [-0.25, -0.2) is 0 Å². The average molecular weight is 238 g/mol. The molecule has 0 N–H and O–H groups in total. The van der Waals surface area contributed by atoms with Crippen LogP contribution in [0.4, 0.5) is 0 Å². The summed E-state index contributed by atoms with van der Waals surface area (Å²) >= 11 is 3.49. The lowest BCUT2D eigenvalue weighted by molar-refractivity contribution is 0.534. The first-order valence-corrected chi connectivity index (χ1v) is 5.20. The summed E-state index contributed by atoms with van der Waals surface area (Å²) in [5.41, 5.74) is 2.80. The minimum Gasteiger partial charge on any atom is -0.276 e. The van der Waals surface area contributed by atoms with Crippen molar-refractivity contribution in [3.63, 3.8) is 0 Å². The summed E-state index contributed by atoms with van der Waals surface area (Å²) in [5.74, 6) is 0. The summed E-state index contributed by atoms with van der Waals surface area (Å²) in [6.07, 6.45) is 0. The molecule has 2 rings (SSSR count). The van der Waals surface area contributed by atoms with Gasteiger partial charge in [0.1, 0.15) is 4.62 Å². The lowest BCUT2D eigenvalue weighted by Crippen LogP contribution is -2.27. The molecule has 0 radical (unpaired) electrons. The van der Waals surface area contributed by atoms with E-state index in [1.807, 2.05) is 0 Å². The number of rotatable bonds is 0. The van der Waals surface area contributed by atoms with Gasteiger partial charge in [0, 0.05) is 17.5 Å². The van der Waals surface area contributed by atoms with Gasteiger partial charge in [-0.1, -0.05) is 38.1 Å². The van der Waals surface area contributed by atoms with E-state index in [9.17, 15) is 0 Å². The Morgan fingerprint density at radius 2 is 2.00 bits per heavy atom. The molecule has 1 aromatic rings. The normalized spacial score (nSPS) is 19.2. The molecule has 2 heteroatoms. The van der Waals surface area contributed by atoms with Gasteiger partial charge in [0.25, 0.3) is 0 Å². The molecule has 0 atom stereocenters. The minimum absolute atomic E-state index is 0.174. The second-order valence-electron chi connectivity index (χ2n) is 4.04. The number of hydrogen-bond donors (Lipinski definition) is 0. The smallest absolute Gasteiger partial charge is 0.108 e. The predicted molar refractivity (Wildman–Crippen MR) is 59.8 cm³/mol. The molecule has 1 aliphatic rings. The van der Waals surface area contributed by atoms with Crippen molar-refractivity contribution in [1.82, 2.24) is 0 Å². The van der Waals surface area contributed by atoms with Gasteiger partial charge in [-0.05, 0) is 21.5 Å². The van der Waals surface area contributed by atoms with E-state index in [1.165, 1.54) is 11.1 Å². The third-order valence-electron chi connectivity index (χ3n) is 2.49. The van der Waals surface area contributed by atoms with Crippen LogP contribution in [-0.4, -0.2) is 11.2 Å². The maximum Gasteiger partial charge on any atom is 0.108 e. The van der Waals surface area contributed by atoms with Crippen LogP contribution in [0.15, 0.2) is 29.3 Å². The van der Waals surface area contributed by atoms with E-state index in [0.29, 0.717) is 0 Å². The third-order valence-corrected chi connectivity index (χ3v) is 3.17. The highest BCUT2D eigenvalue weighted by atomic mass is 79.9. The van der Waals surface area contributed by atoms with E-state index in [4.69, 9.17) is 0 Å². The number of fused-ring (bicyclic) bond motifs is 1. The molecule has 68 valence electrons. The zero-order chi connectivity index (χ0) is 9.47. The number of halogens is 1. The molecule has 13 heavy (non-hydrogen) atoms. The Balaban J connectivity index is 2.64. The van der Waals surface area contributed by atoms with E-state index < -0.39 is 0 Å². The fourth-order valence-electron chi connectivity index (χ4n) is 1.69. The molecule has 0 unspecified atom stereocenters. The Morgan fingerprint density at radius 1 is 1.31 bits per heavy atom. The highest BCUT2D eigenvalue weighted by Crippen LogP contribution is 2.32. The predicted octanol–water partition coefficient (Wildman–Crippen LogP) is 3.12. The van der Waals surface area contributed by atoms with Crippen LogP contribution in [0.2, 0.25) is 0 Å². The molecule has 0 bridgehead atoms. The van der Waals surface area contributed by atoms with E-state index in [-0.39, 0.29) is 5.41 Å². The second-order valence-corrected chi connectivity index (χ2v) is 4.79. The van der Waals surface area contributed by atoms with Gasteiger partial charge in [0.2, 0.25) is 0 Å². The summed E-state index contributed by atoms with van der Waals surface area (Å²) in [5, 5.41) is 0. The summed E-state index contributed by atoms with van der Waals surface area (Å²) in [7, 11) is 0. The average Bonchev–Trinajstić information content (AvgIpc) is 2.13. The lowest BCUT2D eigenvalue weighted by Gasteiger charge is -2.29. The number of nitrogens with zero attached hydrogens (tertiary/aromatic N) is 1. The van der Waals surface area contributed by atoms with Gasteiger partial charge >= 0.3 is 0 Å². The standard InChI is InChI=1S/C11H12BrN/c1-11(2)7-13-10(12)8-5-3-4-6-9(8)11/h3-6H,7H2,1-2H3. The molecule has 1 heterocycles. The lowest BCUT2D eigenvalue weighted by atomic mass is 9.80. The molecule has 0 fully saturated rings. The summed E-state index contributed by atoms with van der Waals surface area (Å²) in [4.78, 5) is 4.46. The molecule has 1 aromatic carbocycles. The largest absolute Gasteiger partial charge is 0.276 e. The Hall–Kier alpha value is -0.630. The maximum atomic E-state index is 4.46. The molecule has 0 aliphatic carbocycles. The highest BCUT2D eigenvalue weighted by molar-refractivity contribution is 9.18. The zero-order valence-electron chi connectivity index (χ0n) is 7.84. The first-order valence-electron chi connectivity index (χ1n) is 4.41.